The molecular formula is C32H31N5O2. The van der Waals surface area contributed by atoms with Gasteiger partial charge in [-0.15, -0.1) is 0 Å². The van der Waals surface area contributed by atoms with Gasteiger partial charge in [0.25, 0.3) is 0 Å². The number of ether oxygens (including phenoxy) is 1. The highest BCUT2D eigenvalue weighted by Gasteiger charge is 2.36. The first-order chi connectivity index (χ1) is 19.0. The summed E-state index contributed by atoms with van der Waals surface area (Å²) in [6.45, 7) is 7.03. The van der Waals surface area contributed by atoms with Gasteiger partial charge in [0.05, 0.1) is 36.3 Å². The smallest absolute Gasteiger partial charge is 0.322 e. The van der Waals surface area contributed by atoms with Gasteiger partial charge >= 0.3 is 6.03 Å². The largest absolute Gasteiger partial charge is 0.494 e. The molecule has 0 spiro atoms. The van der Waals surface area contributed by atoms with Crippen molar-refractivity contribution in [2.75, 3.05) is 11.9 Å². The number of nitrogens with zero attached hydrogens (tertiary/aromatic N) is 4. The minimum absolute atomic E-state index is 0.182. The Balaban J connectivity index is 1.48. The maximum absolute atomic E-state index is 14.1. The number of aryl methyl sites for hydroxylation is 2. The Hall–Kier alpha value is -4.78. The van der Waals surface area contributed by atoms with Crippen LogP contribution >= 0.6 is 0 Å². The molecule has 6 rings (SSSR count). The lowest BCUT2D eigenvalue weighted by Gasteiger charge is -2.31. The monoisotopic (exact) mass is 517 g/mol. The lowest BCUT2D eigenvalue weighted by molar-refractivity contribution is 0.194. The lowest BCUT2D eigenvalue weighted by Crippen LogP contribution is -2.38. The quantitative estimate of drug-likeness (QED) is 0.278. The molecule has 0 saturated heterocycles. The number of carbonyl (C=O) groups is 1. The van der Waals surface area contributed by atoms with Crippen molar-refractivity contribution in [3.05, 3.63) is 125 Å². The number of urea groups is 1. The van der Waals surface area contributed by atoms with Gasteiger partial charge in [-0.1, -0.05) is 48.0 Å². The van der Waals surface area contributed by atoms with Gasteiger partial charge in [0.15, 0.2) is 0 Å². The van der Waals surface area contributed by atoms with Crippen molar-refractivity contribution in [3.63, 3.8) is 0 Å². The molecule has 196 valence electrons. The fourth-order valence-electron chi connectivity index (χ4n) is 5.34. The molecule has 7 heteroatoms. The molecule has 0 radical (unpaired) electrons. The summed E-state index contributed by atoms with van der Waals surface area (Å²) in [5.74, 6) is 1.72. The minimum Gasteiger partial charge on any atom is -0.494 e. The number of carbonyl (C=O) groups excluding carboxylic acids is 1. The summed E-state index contributed by atoms with van der Waals surface area (Å²) in [5, 5.41) is 8.05. The third kappa shape index (κ3) is 4.56. The molecule has 2 amide bonds. The SMILES string of the molecule is CCOc1ccc(NC(=O)N2Cc3c(C)nn(-c4ccccc4)c3-n3cccc3[C@H]2c2cccc(C)c2)cc1. The van der Waals surface area contributed by atoms with E-state index in [1.807, 2.05) is 72.0 Å². The molecule has 1 aliphatic rings. The molecule has 3 aromatic carbocycles. The summed E-state index contributed by atoms with van der Waals surface area (Å²) in [4.78, 5) is 16.0. The van der Waals surface area contributed by atoms with E-state index >= 15 is 0 Å². The van der Waals surface area contributed by atoms with E-state index in [4.69, 9.17) is 9.84 Å². The summed E-state index contributed by atoms with van der Waals surface area (Å²) < 4.78 is 9.73. The molecule has 3 heterocycles. The lowest BCUT2D eigenvalue weighted by atomic mass is 10.00. The number of benzene rings is 3. The Morgan fingerprint density at radius 2 is 1.77 bits per heavy atom. The average molecular weight is 518 g/mol. The van der Waals surface area contributed by atoms with Crippen molar-refractivity contribution in [2.24, 2.45) is 0 Å². The summed E-state index contributed by atoms with van der Waals surface area (Å²) in [7, 11) is 0. The number of fused-ring (bicyclic) bond motifs is 3. The van der Waals surface area contributed by atoms with E-state index in [-0.39, 0.29) is 12.1 Å². The van der Waals surface area contributed by atoms with E-state index in [9.17, 15) is 4.79 Å². The third-order valence-electron chi connectivity index (χ3n) is 7.12. The van der Waals surface area contributed by atoms with Crippen LogP contribution in [0.5, 0.6) is 5.75 Å². The molecular weight excluding hydrogens is 486 g/mol. The molecule has 2 aromatic heterocycles. The molecule has 7 nitrogen and oxygen atoms in total. The fraction of sp³-hybridized carbons (Fsp3) is 0.188. The second kappa shape index (κ2) is 10.2. The van der Waals surface area contributed by atoms with Crippen LogP contribution in [0.1, 0.15) is 41.0 Å². The maximum atomic E-state index is 14.1. The number of amides is 2. The van der Waals surface area contributed by atoms with Crippen molar-refractivity contribution in [1.82, 2.24) is 19.2 Å². The van der Waals surface area contributed by atoms with Crippen molar-refractivity contribution in [2.45, 2.75) is 33.4 Å². The van der Waals surface area contributed by atoms with E-state index in [2.05, 4.69) is 65.5 Å². The second-order valence-electron chi connectivity index (χ2n) is 9.77. The Morgan fingerprint density at radius 3 is 2.51 bits per heavy atom. The zero-order valence-electron chi connectivity index (χ0n) is 22.3. The summed E-state index contributed by atoms with van der Waals surface area (Å²) in [6.07, 6.45) is 2.06. The number of aromatic nitrogens is 3. The van der Waals surface area contributed by atoms with Crippen LogP contribution in [0.3, 0.4) is 0 Å². The Labute approximate surface area is 228 Å². The highest BCUT2D eigenvalue weighted by atomic mass is 16.5. The topological polar surface area (TPSA) is 64.3 Å². The Kier molecular flexibility index (Phi) is 6.40. The van der Waals surface area contributed by atoms with E-state index in [1.54, 1.807) is 0 Å². The standard InChI is InChI=1S/C32H31N5O2/c1-4-39-27-17-15-25(16-18-27)33-32(38)36-21-28-23(3)34-37(26-12-6-5-7-13-26)31(28)35-19-9-14-29(35)30(36)24-11-8-10-22(2)20-24/h5-20,30H,4,21H2,1-3H3,(H,33,38)/t30-/m1/s1. The van der Waals surface area contributed by atoms with Gasteiger partial charge in [0.1, 0.15) is 11.6 Å². The number of hydrogen-bond acceptors (Lipinski definition) is 3. The van der Waals surface area contributed by atoms with Crippen LogP contribution in [0.25, 0.3) is 11.5 Å². The van der Waals surface area contributed by atoms with Crippen molar-refractivity contribution < 1.29 is 9.53 Å². The van der Waals surface area contributed by atoms with Crippen LogP contribution in [0, 0.1) is 13.8 Å². The first-order valence-corrected chi connectivity index (χ1v) is 13.2. The predicted molar refractivity (Wildman–Crippen MR) is 153 cm³/mol. The van der Waals surface area contributed by atoms with Gasteiger partial charge in [-0.25, -0.2) is 9.48 Å². The Bertz CT molecular complexity index is 1620. The van der Waals surface area contributed by atoms with E-state index in [1.165, 1.54) is 0 Å². The van der Waals surface area contributed by atoms with Gasteiger partial charge in [-0.3, -0.25) is 0 Å². The summed E-state index contributed by atoms with van der Waals surface area (Å²) in [5.41, 5.74) is 6.78. The van der Waals surface area contributed by atoms with Gasteiger partial charge < -0.3 is 19.5 Å². The summed E-state index contributed by atoms with van der Waals surface area (Å²) in [6, 6.07) is 29.6. The fourth-order valence-corrected chi connectivity index (χ4v) is 5.34. The van der Waals surface area contributed by atoms with Crippen LogP contribution in [-0.4, -0.2) is 31.9 Å². The highest BCUT2D eigenvalue weighted by molar-refractivity contribution is 5.90. The van der Waals surface area contributed by atoms with Crippen molar-refractivity contribution in [1.29, 1.82) is 0 Å². The van der Waals surface area contributed by atoms with Gasteiger partial charge in [0, 0.05) is 17.4 Å². The number of rotatable bonds is 5. The van der Waals surface area contributed by atoms with Crippen molar-refractivity contribution in [3.8, 4) is 17.3 Å². The molecule has 0 aliphatic carbocycles. The molecule has 0 saturated carbocycles. The maximum Gasteiger partial charge on any atom is 0.322 e. The number of anilines is 1. The molecule has 1 aliphatic heterocycles. The van der Waals surface area contributed by atoms with Crippen molar-refractivity contribution >= 4 is 11.7 Å². The molecule has 1 N–H and O–H groups in total. The van der Waals surface area contributed by atoms with E-state index in [0.717, 1.165) is 45.3 Å². The van der Waals surface area contributed by atoms with E-state index < -0.39 is 0 Å². The number of nitrogens with one attached hydrogen (secondary N) is 1. The molecule has 0 bridgehead atoms. The van der Waals surface area contributed by atoms with Crippen LogP contribution in [0.4, 0.5) is 10.5 Å². The molecule has 0 fully saturated rings. The first kappa shape index (κ1) is 24.6. The van der Waals surface area contributed by atoms with E-state index in [0.29, 0.717) is 18.8 Å². The third-order valence-corrected chi connectivity index (χ3v) is 7.12. The zero-order valence-corrected chi connectivity index (χ0v) is 22.3. The van der Waals surface area contributed by atoms with Gasteiger partial charge in [-0.05, 0) is 74.9 Å². The minimum atomic E-state index is -0.307. The Morgan fingerprint density at radius 1 is 0.974 bits per heavy atom. The number of hydrogen-bond donors (Lipinski definition) is 1. The predicted octanol–water partition coefficient (Wildman–Crippen LogP) is 6.82. The van der Waals surface area contributed by atoms with Crippen LogP contribution in [0.15, 0.2) is 97.2 Å². The molecule has 5 aromatic rings. The first-order valence-electron chi connectivity index (χ1n) is 13.2. The normalized spacial score (nSPS) is 14.3. The van der Waals surface area contributed by atoms with Gasteiger partial charge in [-0.2, -0.15) is 5.10 Å². The van der Waals surface area contributed by atoms with Crippen LogP contribution < -0.4 is 10.1 Å². The van der Waals surface area contributed by atoms with Gasteiger partial charge in [0.2, 0.25) is 0 Å². The highest BCUT2D eigenvalue weighted by Crippen LogP contribution is 2.39. The average Bonchev–Trinajstić information content (AvgIpc) is 3.50. The number of para-hydroxylation sites is 1. The van der Waals surface area contributed by atoms with Crippen LogP contribution in [0.2, 0.25) is 0 Å². The second-order valence-corrected chi connectivity index (χ2v) is 9.77. The molecule has 0 unspecified atom stereocenters. The molecule has 1 atom stereocenters. The molecule has 39 heavy (non-hydrogen) atoms. The zero-order chi connectivity index (χ0) is 26.9. The summed E-state index contributed by atoms with van der Waals surface area (Å²) >= 11 is 0. The van der Waals surface area contributed by atoms with Crippen LogP contribution in [-0.2, 0) is 6.54 Å².